The Labute approximate surface area is 90.9 Å². The second kappa shape index (κ2) is 5.29. The molecule has 1 aliphatic carbocycles. The highest BCUT2D eigenvalue weighted by molar-refractivity contribution is 6.04. The van der Waals surface area contributed by atoms with Crippen molar-refractivity contribution in [2.24, 2.45) is 5.41 Å². The molecule has 1 rings (SSSR count). The van der Waals surface area contributed by atoms with Crippen molar-refractivity contribution < 1.29 is 14.7 Å². The Hall–Kier alpha value is -0.860. The number of carbonyl (C=O) groups is 2. The molecular weight excluding hydrogens is 192 g/mol. The van der Waals surface area contributed by atoms with Crippen molar-refractivity contribution in [2.75, 3.05) is 0 Å². The maximum Gasteiger partial charge on any atom is 0.317 e. The lowest BCUT2D eigenvalue weighted by molar-refractivity contribution is -0.153. The van der Waals surface area contributed by atoms with Crippen molar-refractivity contribution in [1.82, 2.24) is 0 Å². The molecule has 0 saturated heterocycles. The minimum absolute atomic E-state index is 0.0495. The molecule has 0 aromatic carbocycles. The average Bonchev–Trinajstić information content (AvgIpc) is 2.56. The third-order valence-corrected chi connectivity index (χ3v) is 3.41. The number of unbranched alkanes of at least 4 members (excludes halogenated alkanes) is 3. The molecule has 1 atom stereocenters. The summed E-state index contributed by atoms with van der Waals surface area (Å²) in [7, 11) is 0. The van der Waals surface area contributed by atoms with Crippen LogP contribution in [0, 0.1) is 5.41 Å². The van der Waals surface area contributed by atoms with E-state index in [1.165, 1.54) is 0 Å². The van der Waals surface area contributed by atoms with E-state index in [0.717, 1.165) is 32.1 Å². The van der Waals surface area contributed by atoms with Crippen LogP contribution >= 0.6 is 0 Å². The predicted octanol–water partition coefficient (Wildman–Crippen LogP) is 2.78. The molecule has 1 aliphatic rings. The standard InChI is InChI=1S/C12H20O3/c1-2-3-4-5-8-12(11(14)15)9-6-7-10(12)13/h2-9H2,1H3,(H,14,15). The van der Waals surface area contributed by atoms with Gasteiger partial charge in [0.25, 0.3) is 0 Å². The number of carboxylic acid groups (broad SMARTS) is 1. The summed E-state index contributed by atoms with van der Waals surface area (Å²) in [5.74, 6) is -0.951. The molecule has 0 aromatic heterocycles. The fourth-order valence-corrected chi connectivity index (χ4v) is 2.38. The van der Waals surface area contributed by atoms with Gasteiger partial charge in [-0.2, -0.15) is 0 Å². The van der Waals surface area contributed by atoms with Gasteiger partial charge in [0.2, 0.25) is 0 Å². The Kier molecular flexibility index (Phi) is 4.30. The van der Waals surface area contributed by atoms with Gasteiger partial charge in [0.15, 0.2) is 0 Å². The molecule has 0 spiro atoms. The van der Waals surface area contributed by atoms with Crippen molar-refractivity contribution in [3.8, 4) is 0 Å². The monoisotopic (exact) mass is 212 g/mol. The first-order valence-electron chi connectivity index (χ1n) is 5.90. The zero-order valence-corrected chi connectivity index (χ0v) is 9.42. The molecular formula is C12H20O3. The summed E-state index contributed by atoms with van der Waals surface area (Å²) in [6.45, 7) is 2.12. The lowest BCUT2D eigenvalue weighted by Crippen LogP contribution is -2.35. The molecule has 0 radical (unpaired) electrons. The maximum absolute atomic E-state index is 11.6. The summed E-state index contributed by atoms with van der Waals surface area (Å²) in [6.07, 6.45) is 6.47. The molecule has 0 heterocycles. The van der Waals surface area contributed by atoms with Crippen LogP contribution in [0.1, 0.15) is 58.3 Å². The first-order valence-corrected chi connectivity index (χ1v) is 5.90. The van der Waals surface area contributed by atoms with Crippen LogP contribution in [-0.4, -0.2) is 16.9 Å². The molecule has 3 nitrogen and oxygen atoms in total. The lowest BCUT2D eigenvalue weighted by atomic mass is 9.80. The minimum atomic E-state index is -1.02. The van der Waals surface area contributed by atoms with E-state index in [1.807, 2.05) is 0 Å². The summed E-state index contributed by atoms with van der Waals surface area (Å²) >= 11 is 0. The molecule has 0 aliphatic heterocycles. The summed E-state index contributed by atoms with van der Waals surface area (Å²) < 4.78 is 0. The molecule has 86 valence electrons. The summed E-state index contributed by atoms with van der Waals surface area (Å²) in [5.41, 5.74) is -1.02. The van der Waals surface area contributed by atoms with Gasteiger partial charge in [-0.05, 0) is 19.3 Å². The maximum atomic E-state index is 11.6. The number of aliphatic carboxylic acids is 1. The first-order chi connectivity index (χ1) is 7.13. The van der Waals surface area contributed by atoms with Crippen LogP contribution in [0.3, 0.4) is 0 Å². The molecule has 15 heavy (non-hydrogen) atoms. The highest BCUT2D eigenvalue weighted by Gasteiger charge is 2.47. The van der Waals surface area contributed by atoms with Gasteiger partial charge in [-0.3, -0.25) is 9.59 Å². The average molecular weight is 212 g/mol. The van der Waals surface area contributed by atoms with E-state index in [4.69, 9.17) is 5.11 Å². The summed E-state index contributed by atoms with van der Waals surface area (Å²) in [5, 5.41) is 9.17. The van der Waals surface area contributed by atoms with Crippen molar-refractivity contribution in [3.05, 3.63) is 0 Å². The largest absolute Gasteiger partial charge is 0.480 e. The normalized spacial score (nSPS) is 25.8. The van der Waals surface area contributed by atoms with Gasteiger partial charge in [-0.15, -0.1) is 0 Å². The predicted molar refractivity (Wildman–Crippen MR) is 57.7 cm³/mol. The fourth-order valence-electron chi connectivity index (χ4n) is 2.38. The topological polar surface area (TPSA) is 54.4 Å². The van der Waals surface area contributed by atoms with Gasteiger partial charge in [0, 0.05) is 6.42 Å². The van der Waals surface area contributed by atoms with E-state index in [1.54, 1.807) is 0 Å². The Bertz CT molecular complexity index is 247. The van der Waals surface area contributed by atoms with Crippen molar-refractivity contribution in [3.63, 3.8) is 0 Å². The number of hydrogen-bond acceptors (Lipinski definition) is 2. The Morgan fingerprint density at radius 3 is 2.60 bits per heavy atom. The third-order valence-electron chi connectivity index (χ3n) is 3.41. The van der Waals surface area contributed by atoms with E-state index in [0.29, 0.717) is 19.3 Å². The van der Waals surface area contributed by atoms with Gasteiger partial charge in [0.1, 0.15) is 11.2 Å². The smallest absolute Gasteiger partial charge is 0.317 e. The van der Waals surface area contributed by atoms with E-state index >= 15 is 0 Å². The van der Waals surface area contributed by atoms with Crippen LogP contribution in [0.4, 0.5) is 0 Å². The molecule has 1 unspecified atom stereocenters. The number of carboxylic acids is 1. The zero-order chi connectivity index (χ0) is 11.3. The molecule has 1 N–H and O–H groups in total. The Morgan fingerprint density at radius 2 is 2.13 bits per heavy atom. The molecule has 0 bridgehead atoms. The number of Topliss-reactive ketones (excluding diaryl/α,β-unsaturated/α-hetero) is 1. The number of carbonyl (C=O) groups excluding carboxylic acids is 1. The van der Waals surface area contributed by atoms with Crippen LogP contribution in [0.15, 0.2) is 0 Å². The van der Waals surface area contributed by atoms with Gasteiger partial charge in [0.05, 0.1) is 0 Å². The van der Waals surface area contributed by atoms with Crippen molar-refractivity contribution in [2.45, 2.75) is 58.3 Å². The number of hydrogen-bond donors (Lipinski definition) is 1. The molecule has 1 fully saturated rings. The quantitative estimate of drug-likeness (QED) is 0.544. The molecule has 0 amide bonds. The second-order valence-electron chi connectivity index (χ2n) is 4.47. The molecule has 1 saturated carbocycles. The van der Waals surface area contributed by atoms with E-state index in [2.05, 4.69) is 6.92 Å². The lowest BCUT2D eigenvalue weighted by Gasteiger charge is -2.21. The third kappa shape index (κ3) is 2.58. The van der Waals surface area contributed by atoms with E-state index in [-0.39, 0.29) is 5.78 Å². The van der Waals surface area contributed by atoms with E-state index < -0.39 is 11.4 Å². The fraction of sp³-hybridized carbons (Fsp3) is 0.833. The highest BCUT2D eigenvalue weighted by atomic mass is 16.4. The highest BCUT2D eigenvalue weighted by Crippen LogP contribution is 2.39. The molecule has 0 aromatic rings. The van der Waals surface area contributed by atoms with Gasteiger partial charge >= 0.3 is 5.97 Å². The van der Waals surface area contributed by atoms with Gasteiger partial charge < -0.3 is 5.11 Å². The number of ketones is 1. The van der Waals surface area contributed by atoms with Crippen molar-refractivity contribution in [1.29, 1.82) is 0 Å². The van der Waals surface area contributed by atoms with Crippen LogP contribution in [0.5, 0.6) is 0 Å². The molecule has 3 heteroatoms. The zero-order valence-electron chi connectivity index (χ0n) is 9.42. The van der Waals surface area contributed by atoms with E-state index in [9.17, 15) is 9.59 Å². The van der Waals surface area contributed by atoms with Gasteiger partial charge in [-0.25, -0.2) is 0 Å². The van der Waals surface area contributed by atoms with Gasteiger partial charge in [-0.1, -0.05) is 32.6 Å². The van der Waals surface area contributed by atoms with Crippen molar-refractivity contribution >= 4 is 11.8 Å². The SMILES string of the molecule is CCCCCCC1(C(=O)O)CCCC1=O. The van der Waals surface area contributed by atoms with Crippen LogP contribution < -0.4 is 0 Å². The summed E-state index contributed by atoms with van der Waals surface area (Å²) in [6, 6.07) is 0. The first kappa shape index (κ1) is 12.2. The minimum Gasteiger partial charge on any atom is -0.480 e. The Balaban J connectivity index is 2.51. The van der Waals surface area contributed by atoms with Crippen LogP contribution in [0.25, 0.3) is 0 Å². The summed E-state index contributed by atoms with van der Waals surface area (Å²) in [4.78, 5) is 22.8. The van der Waals surface area contributed by atoms with Crippen LogP contribution in [0.2, 0.25) is 0 Å². The second-order valence-corrected chi connectivity index (χ2v) is 4.47. The van der Waals surface area contributed by atoms with Crippen LogP contribution in [-0.2, 0) is 9.59 Å². The number of rotatable bonds is 6. The Morgan fingerprint density at radius 1 is 1.40 bits per heavy atom.